The molecule has 0 saturated carbocycles. The van der Waals surface area contributed by atoms with E-state index in [2.05, 4.69) is 11.9 Å². The van der Waals surface area contributed by atoms with Crippen molar-refractivity contribution in [3.8, 4) is 0 Å². The molecular formula is C11H17ClN2O. The molecule has 0 fully saturated rings. The highest BCUT2D eigenvalue weighted by molar-refractivity contribution is 6.29. The Hall–Kier alpha value is -0.830. The first-order valence-corrected chi connectivity index (χ1v) is 5.71. The van der Waals surface area contributed by atoms with Crippen molar-refractivity contribution in [3.63, 3.8) is 0 Å². The summed E-state index contributed by atoms with van der Waals surface area (Å²) in [6.45, 7) is 6.86. The van der Waals surface area contributed by atoms with Crippen LogP contribution in [0.4, 0.5) is 0 Å². The molecule has 0 radical (unpaired) electrons. The molecule has 0 amide bonds. The molecule has 0 unspecified atom stereocenters. The maximum atomic E-state index is 11.7. The molecule has 0 aliphatic carbocycles. The van der Waals surface area contributed by atoms with Gasteiger partial charge in [-0.15, -0.1) is 0 Å². The third kappa shape index (κ3) is 3.06. The predicted molar refractivity (Wildman–Crippen MR) is 62.5 cm³/mol. The number of aromatic nitrogens is 2. The number of nitrogens with zero attached hydrogens (tertiary/aromatic N) is 2. The minimum Gasteiger partial charge on any atom is -0.296 e. The van der Waals surface area contributed by atoms with Gasteiger partial charge in [-0.2, -0.15) is 0 Å². The molecule has 0 bridgehead atoms. The third-order valence-corrected chi connectivity index (χ3v) is 2.45. The van der Waals surface area contributed by atoms with Crippen molar-refractivity contribution in [1.29, 1.82) is 0 Å². The van der Waals surface area contributed by atoms with Gasteiger partial charge in [-0.3, -0.25) is 9.36 Å². The average molecular weight is 229 g/mol. The number of hydrogen-bond acceptors (Lipinski definition) is 2. The molecule has 3 nitrogen and oxygen atoms in total. The monoisotopic (exact) mass is 228 g/mol. The third-order valence-electron chi connectivity index (χ3n) is 2.26. The lowest BCUT2D eigenvalue weighted by Gasteiger charge is -2.13. The van der Waals surface area contributed by atoms with Gasteiger partial charge in [0.05, 0.1) is 0 Å². The van der Waals surface area contributed by atoms with Crippen LogP contribution >= 0.6 is 11.6 Å². The normalized spacial score (nSPS) is 11.0. The molecule has 0 saturated heterocycles. The van der Waals surface area contributed by atoms with Gasteiger partial charge in [0, 0.05) is 18.5 Å². The van der Waals surface area contributed by atoms with Crippen LogP contribution in [-0.2, 0) is 6.54 Å². The minimum atomic E-state index is -0.0489. The standard InChI is InChI=1S/C11H17ClN2O/c1-4-5-6-14-10(15)7-9(12)13-11(14)8(2)3/h7-8H,4-6H2,1-3H3. The second kappa shape index (κ2) is 5.31. The summed E-state index contributed by atoms with van der Waals surface area (Å²) in [5, 5.41) is 0.288. The quantitative estimate of drug-likeness (QED) is 0.743. The van der Waals surface area contributed by atoms with E-state index in [1.807, 2.05) is 13.8 Å². The summed E-state index contributed by atoms with van der Waals surface area (Å²) < 4.78 is 1.72. The molecule has 0 aromatic carbocycles. The Morgan fingerprint density at radius 2 is 2.20 bits per heavy atom. The smallest absolute Gasteiger partial charge is 0.254 e. The Kier molecular flexibility index (Phi) is 4.33. The lowest BCUT2D eigenvalue weighted by atomic mass is 10.2. The summed E-state index contributed by atoms with van der Waals surface area (Å²) >= 11 is 5.78. The number of halogens is 1. The summed E-state index contributed by atoms with van der Waals surface area (Å²) in [4.78, 5) is 15.9. The van der Waals surface area contributed by atoms with Crippen LogP contribution in [0.2, 0.25) is 5.15 Å². The van der Waals surface area contributed by atoms with Crippen molar-refractivity contribution in [2.24, 2.45) is 0 Å². The van der Waals surface area contributed by atoms with Crippen molar-refractivity contribution in [2.45, 2.75) is 46.1 Å². The Bertz CT molecular complexity index is 385. The first-order chi connectivity index (χ1) is 7.06. The van der Waals surface area contributed by atoms with Gasteiger partial charge in [-0.05, 0) is 6.42 Å². The fourth-order valence-electron chi connectivity index (χ4n) is 1.48. The SMILES string of the molecule is CCCCn1c(C(C)C)nc(Cl)cc1=O. The zero-order valence-electron chi connectivity index (χ0n) is 9.46. The van der Waals surface area contributed by atoms with Crippen LogP contribution in [0.1, 0.15) is 45.4 Å². The Morgan fingerprint density at radius 1 is 1.53 bits per heavy atom. The Balaban J connectivity index is 3.15. The first kappa shape index (κ1) is 12.2. The predicted octanol–water partition coefficient (Wildman–Crippen LogP) is 2.82. The van der Waals surface area contributed by atoms with Crippen LogP contribution in [0.5, 0.6) is 0 Å². The van der Waals surface area contributed by atoms with E-state index in [-0.39, 0.29) is 16.6 Å². The van der Waals surface area contributed by atoms with E-state index in [4.69, 9.17) is 11.6 Å². The zero-order valence-corrected chi connectivity index (χ0v) is 10.2. The summed E-state index contributed by atoms with van der Waals surface area (Å²) in [6, 6.07) is 1.38. The van der Waals surface area contributed by atoms with Gasteiger partial charge < -0.3 is 0 Å². The highest BCUT2D eigenvalue weighted by Gasteiger charge is 2.10. The largest absolute Gasteiger partial charge is 0.296 e. The second-order valence-corrected chi connectivity index (χ2v) is 4.32. The van der Waals surface area contributed by atoms with Gasteiger partial charge in [0.2, 0.25) is 0 Å². The molecule has 0 spiro atoms. The van der Waals surface area contributed by atoms with E-state index < -0.39 is 0 Å². The van der Waals surface area contributed by atoms with Crippen LogP contribution in [0, 0.1) is 0 Å². The van der Waals surface area contributed by atoms with Gasteiger partial charge in [-0.1, -0.05) is 38.8 Å². The molecule has 1 aromatic heterocycles. The van der Waals surface area contributed by atoms with E-state index in [0.717, 1.165) is 25.2 Å². The lowest BCUT2D eigenvalue weighted by molar-refractivity contribution is 0.550. The fraction of sp³-hybridized carbons (Fsp3) is 0.636. The van der Waals surface area contributed by atoms with Crippen LogP contribution in [0.15, 0.2) is 10.9 Å². The molecule has 84 valence electrons. The topological polar surface area (TPSA) is 34.9 Å². The van der Waals surface area contributed by atoms with E-state index in [9.17, 15) is 4.79 Å². The molecule has 15 heavy (non-hydrogen) atoms. The molecule has 1 heterocycles. The first-order valence-electron chi connectivity index (χ1n) is 5.33. The van der Waals surface area contributed by atoms with Gasteiger partial charge in [0.15, 0.2) is 0 Å². The highest BCUT2D eigenvalue weighted by Crippen LogP contribution is 2.13. The van der Waals surface area contributed by atoms with Gasteiger partial charge in [0.1, 0.15) is 11.0 Å². The van der Waals surface area contributed by atoms with E-state index >= 15 is 0 Å². The summed E-state index contributed by atoms with van der Waals surface area (Å²) in [5.41, 5.74) is -0.0489. The van der Waals surface area contributed by atoms with E-state index in [0.29, 0.717) is 0 Å². The molecule has 0 aliphatic heterocycles. The van der Waals surface area contributed by atoms with Crippen LogP contribution in [0.3, 0.4) is 0 Å². The lowest BCUT2D eigenvalue weighted by Crippen LogP contribution is -2.25. The Morgan fingerprint density at radius 3 is 2.73 bits per heavy atom. The maximum Gasteiger partial charge on any atom is 0.254 e. The summed E-state index contributed by atoms with van der Waals surface area (Å²) in [7, 11) is 0. The van der Waals surface area contributed by atoms with Crippen molar-refractivity contribution in [2.75, 3.05) is 0 Å². The maximum absolute atomic E-state index is 11.7. The number of hydrogen-bond donors (Lipinski definition) is 0. The summed E-state index contributed by atoms with van der Waals surface area (Å²) in [6.07, 6.45) is 2.05. The van der Waals surface area contributed by atoms with Crippen LogP contribution < -0.4 is 5.56 Å². The van der Waals surface area contributed by atoms with Crippen LogP contribution in [-0.4, -0.2) is 9.55 Å². The Labute approximate surface area is 95.1 Å². The zero-order chi connectivity index (χ0) is 11.4. The van der Waals surface area contributed by atoms with Crippen molar-refractivity contribution in [3.05, 3.63) is 27.4 Å². The van der Waals surface area contributed by atoms with Crippen molar-refractivity contribution < 1.29 is 0 Å². The molecular weight excluding hydrogens is 212 g/mol. The van der Waals surface area contributed by atoms with Crippen LogP contribution in [0.25, 0.3) is 0 Å². The molecule has 0 aliphatic rings. The minimum absolute atomic E-state index is 0.0489. The van der Waals surface area contributed by atoms with Crippen molar-refractivity contribution in [1.82, 2.24) is 9.55 Å². The van der Waals surface area contributed by atoms with Gasteiger partial charge in [-0.25, -0.2) is 4.98 Å². The van der Waals surface area contributed by atoms with Gasteiger partial charge >= 0.3 is 0 Å². The summed E-state index contributed by atoms with van der Waals surface area (Å²) in [5.74, 6) is 0.995. The number of rotatable bonds is 4. The number of unbranched alkanes of at least 4 members (excludes halogenated alkanes) is 1. The fourth-order valence-corrected chi connectivity index (χ4v) is 1.66. The highest BCUT2D eigenvalue weighted by atomic mass is 35.5. The molecule has 0 N–H and O–H groups in total. The second-order valence-electron chi connectivity index (χ2n) is 3.94. The molecule has 4 heteroatoms. The van der Waals surface area contributed by atoms with Crippen molar-refractivity contribution >= 4 is 11.6 Å². The van der Waals surface area contributed by atoms with E-state index in [1.54, 1.807) is 4.57 Å². The average Bonchev–Trinajstić information content (AvgIpc) is 2.15. The molecule has 1 aromatic rings. The van der Waals surface area contributed by atoms with E-state index in [1.165, 1.54) is 6.07 Å². The van der Waals surface area contributed by atoms with Gasteiger partial charge in [0.25, 0.3) is 5.56 Å². The molecule has 1 rings (SSSR count). The molecule has 0 atom stereocenters.